The van der Waals surface area contributed by atoms with Crippen molar-refractivity contribution >= 4 is 34.6 Å². The molecule has 9 nitrogen and oxygen atoms in total. The zero-order chi connectivity index (χ0) is 22.9. The van der Waals surface area contributed by atoms with Crippen LogP contribution in [0.4, 0.5) is 0 Å². The number of aryl methyl sites for hydroxylation is 1. The molecule has 2 amide bonds. The number of carbonyl (C=O) groups excluding carboxylic acids is 2. The molecule has 1 fully saturated rings. The summed E-state index contributed by atoms with van der Waals surface area (Å²) in [6.07, 6.45) is 4.06. The maximum atomic E-state index is 13.2. The molecular formula is C23H26N6O3S. The molecule has 0 spiro atoms. The number of thioether (sulfide) groups is 1. The molecule has 1 unspecified atom stereocenters. The Kier molecular flexibility index (Phi) is 5.92. The van der Waals surface area contributed by atoms with Crippen LogP contribution in [0.15, 0.2) is 40.4 Å². The van der Waals surface area contributed by atoms with E-state index < -0.39 is 0 Å². The molecule has 33 heavy (non-hydrogen) atoms. The van der Waals surface area contributed by atoms with Gasteiger partial charge in [-0.15, -0.1) is 0 Å². The number of rotatable bonds is 7. The van der Waals surface area contributed by atoms with E-state index in [-0.39, 0.29) is 29.8 Å². The Hall–Kier alpha value is -3.14. The number of nitrogens with one attached hydrogen (secondary N) is 1. The predicted octanol–water partition coefficient (Wildman–Crippen LogP) is 2.06. The summed E-state index contributed by atoms with van der Waals surface area (Å²) in [6.45, 7) is 4.02. The SMILES string of the molecule is Cc1ccc(-n2ncc3c(=O)n4c(nc32)SCC4CC(=O)NCCCN2CCCC2=O)cc1. The maximum absolute atomic E-state index is 13.2. The van der Waals surface area contributed by atoms with Crippen molar-refractivity contribution in [2.45, 2.75) is 43.8 Å². The van der Waals surface area contributed by atoms with Gasteiger partial charge in [-0.25, -0.2) is 9.67 Å². The summed E-state index contributed by atoms with van der Waals surface area (Å²) >= 11 is 1.49. The lowest BCUT2D eigenvalue weighted by Crippen LogP contribution is -2.33. The summed E-state index contributed by atoms with van der Waals surface area (Å²) in [6, 6.07) is 7.66. The summed E-state index contributed by atoms with van der Waals surface area (Å²) in [4.78, 5) is 44.0. The number of nitrogens with zero attached hydrogens (tertiary/aromatic N) is 5. The molecule has 0 aliphatic carbocycles. The lowest BCUT2D eigenvalue weighted by Gasteiger charge is -2.16. The summed E-state index contributed by atoms with van der Waals surface area (Å²) < 4.78 is 3.32. The molecule has 1 aromatic carbocycles. The van der Waals surface area contributed by atoms with Gasteiger partial charge in [0.05, 0.1) is 17.9 Å². The molecule has 0 saturated carbocycles. The second kappa shape index (κ2) is 9.01. The Morgan fingerprint density at radius 2 is 2.06 bits per heavy atom. The van der Waals surface area contributed by atoms with Gasteiger partial charge in [-0.1, -0.05) is 29.5 Å². The smallest absolute Gasteiger partial charge is 0.265 e. The van der Waals surface area contributed by atoms with Crippen molar-refractivity contribution in [2.75, 3.05) is 25.4 Å². The lowest BCUT2D eigenvalue weighted by atomic mass is 10.2. The van der Waals surface area contributed by atoms with Crippen LogP contribution in [0.1, 0.15) is 37.3 Å². The van der Waals surface area contributed by atoms with Crippen LogP contribution >= 0.6 is 11.8 Å². The Morgan fingerprint density at radius 3 is 2.82 bits per heavy atom. The van der Waals surface area contributed by atoms with E-state index in [1.54, 1.807) is 15.4 Å². The maximum Gasteiger partial charge on any atom is 0.265 e. The molecule has 1 saturated heterocycles. The lowest BCUT2D eigenvalue weighted by molar-refractivity contribution is -0.127. The minimum Gasteiger partial charge on any atom is -0.356 e. The highest BCUT2D eigenvalue weighted by atomic mass is 32.2. The second-order valence-electron chi connectivity index (χ2n) is 8.56. The van der Waals surface area contributed by atoms with Gasteiger partial charge in [0, 0.05) is 38.2 Å². The quantitative estimate of drug-likeness (QED) is 0.422. The second-order valence-corrected chi connectivity index (χ2v) is 9.54. The van der Waals surface area contributed by atoms with Crippen molar-refractivity contribution in [3.63, 3.8) is 0 Å². The average molecular weight is 467 g/mol. The summed E-state index contributed by atoms with van der Waals surface area (Å²) in [5.74, 6) is 0.732. The fourth-order valence-electron chi connectivity index (χ4n) is 4.38. The minimum absolute atomic E-state index is 0.0939. The monoisotopic (exact) mass is 466 g/mol. The highest BCUT2D eigenvalue weighted by molar-refractivity contribution is 7.99. The van der Waals surface area contributed by atoms with E-state index in [2.05, 4.69) is 10.4 Å². The van der Waals surface area contributed by atoms with Gasteiger partial charge in [0.25, 0.3) is 5.56 Å². The van der Waals surface area contributed by atoms with Gasteiger partial charge in [0.1, 0.15) is 5.39 Å². The third-order valence-electron chi connectivity index (χ3n) is 6.17. The standard InChI is InChI=1S/C23H26N6O3S/c1-15-5-7-16(8-6-15)29-21-18(13-25-29)22(32)28-17(14-33-23(28)26-21)12-19(30)24-9-3-11-27-10-2-4-20(27)31/h5-8,13,17H,2-4,9-12,14H2,1H3,(H,24,30). The van der Waals surface area contributed by atoms with E-state index in [9.17, 15) is 14.4 Å². The van der Waals surface area contributed by atoms with Crippen molar-refractivity contribution in [2.24, 2.45) is 0 Å². The minimum atomic E-state index is -0.239. The summed E-state index contributed by atoms with van der Waals surface area (Å²) in [5.41, 5.74) is 2.36. The largest absolute Gasteiger partial charge is 0.356 e. The van der Waals surface area contributed by atoms with Gasteiger partial charge in [0.2, 0.25) is 11.8 Å². The highest BCUT2D eigenvalue weighted by Gasteiger charge is 2.29. The number of hydrogen-bond acceptors (Lipinski definition) is 6. The van der Waals surface area contributed by atoms with Crippen LogP contribution in [0.25, 0.3) is 16.7 Å². The van der Waals surface area contributed by atoms with Crippen molar-refractivity contribution in [3.8, 4) is 5.69 Å². The van der Waals surface area contributed by atoms with E-state index in [1.165, 1.54) is 11.8 Å². The van der Waals surface area contributed by atoms with E-state index in [1.807, 2.05) is 36.1 Å². The van der Waals surface area contributed by atoms with Crippen molar-refractivity contribution in [3.05, 3.63) is 46.4 Å². The average Bonchev–Trinajstić information content (AvgIpc) is 3.51. The van der Waals surface area contributed by atoms with Crippen LogP contribution in [-0.4, -0.2) is 61.4 Å². The van der Waals surface area contributed by atoms with E-state index in [4.69, 9.17) is 4.98 Å². The van der Waals surface area contributed by atoms with Crippen LogP contribution < -0.4 is 10.9 Å². The molecule has 2 aliphatic heterocycles. The Balaban J connectivity index is 1.27. The number of benzene rings is 1. The number of amides is 2. The van der Waals surface area contributed by atoms with Gasteiger partial charge in [-0.2, -0.15) is 5.10 Å². The first-order valence-electron chi connectivity index (χ1n) is 11.3. The van der Waals surface area contributed by atoms with Crippen molar-refractivity contribution < 1.29 is 9.59 Å². The first-order valence-corrected chi connectivity index (χ1v) is 12.2. The molecule has 0 radical (unpaired) electrons. The molecule has 4 heterocycles. The van der Waals surface area contributed by atoms with Gasteiger partial charge in [-0.05, 0) is 31.9 Å². The zero-order valence-corrected chi connectivity index (χ0v) is 19.3. The number of hydrogen-bond donors (Lipinski definition) is 1. The zero-order valence-electron chi connectivity index (χ0n) is 18.5. The molecule has 1 N–H and O–H groups in total. The van der Waals surface area contributed by atoms with Gasteiger partial charge >= 0.3 is 0 Å². The van der Waals surface area contributed by atoms with Crippen LogP contribution in [0.5, 0.6) is 0 Å². The highest BCUT2D eigenvalue weighted by Crippen LogP contribution is 2.33. The van der Waals surface area contributed by atoms with Crippen molar-refractivity contribution in [1.29, 1.82) is 0 Å². The first-order chi connectivity index (χ1) is 16.0. The number of carbonyl (C=O) groups is 2. The molecular weight excluding hydrogens is 440 g/mol. The molecule has 2 aliphatic rings. The Labute approximate surface area is 195 Å². The van der Waals surface area contributed by atoms with Crippen LogP contribution in [-0.2, 0) is 9.59 Å². The van der Waals surface area contributed by atoms with Crippen molar-refractivity contribution in [1.82, 2.24) is 29.5 Å². The van der Waals surface area contributed by atoms with E-state index >= 15 is 0 Å². The topological polar surface area (TPSA) is 102 Å². The molecule has 10 heteroatoms. The fourth-order valence-corrected chi connectivity index (χ4v) is 5.51. The van der Waals surface area contributed by atoms with Gasteiger partial charge in [-0.3, -0.25) is 19.0 Å². The Bertz CT molecular complexity index is 1270. The number of aromatic nitrogens is 4. The number of fused-ring (bicyclic) bond motifs is 2. The third kappa shape index (κ3) is 4.27. The molecule has 1 atom stereocenters. The predicted molar refractivity (Wildman–Crippen MR) is 126 cm³/mol. The van der Waals surface area contributed by atoms with Gasteiger partial charge in [0.15, 0.2) is 10.8 Å². The van der Waals surface area contributed by atoms with Crippen LogP contribution in [0.3, 0.4) is 0 Å². The molecule has 172 valence electrons. The van der Waals surface area contributed by atoms with E-state index in [0.717, 1.165) is 30.6 Å². The van der Waals surface area contributed by atoms with Crippen LogP contribution in [0, 0.1) is 6.92 Å². The summed E-state index contributed by atoms with van der Waals surface area (Å²) in [7, 11) is 0. The molecule has 0 bridgehead atoms. The third-order valence-corrected chi connectivity index (χ3v) is 7.27. The fraction of sp³-hybridized carbons (Fsp3) is 0.435. The molecule has 5 rings (SSSR count). The van der Waals surface area contributed by atoms with E-state index in [0.29, 0.717) is 41.5 Å². The Morgan fingerprint density at radius 1 is 1.24 bits per heavy atom. The first kappa shape index (κ1) is 21.7. The molecule has 3 aromatic rings. The normalized spacial score (nSPS) is 17.7. The van der Waals surface area contributed by atoms with Gasteiger partial charge < -0.3 is 10.2 Å². The van der Waals surface area contributed by atoms with Crippen LogP contribution in [0.2, 0.25) is 0 Å². The number of likely N-dealkylation sites (tertiary alicyclic amines) is 1. The molecule has 2 aromatic heterocycles. The summed E-state index contributed by atoms with van der Waals surface area (Å²) in [5, 5.41) is 8.39.